The highest BCUT2D eigenvalue weighted by atomic mass is 19.2. The van der Waals surface area contributed by atoms with Crippen LogP contribution in [0.4, 0.5) is 18.9 Å². The second-order valence-corrected chi connectivity index (χ2v) is 4.75. The van der Waals surface area contributed by atoms with Crippen LogP contribution in [0.5, 0.6) is 0 Å². The van der Waals surface area contributed by atoms with Crippen LogP contribution in [-0.4, -0.2) is 12.0 Å². The molecule has 0 spiro atoms. The average molecular weight is 266 g/mol. The number of hydrogen-bond donors (Lipinski definition) is 1. The van der Waals surface area contributed by atoms with Crippen molar-refractivity contribution in [3.63, 3.8) is 0 Å². The van der Waals surface area contributed by atoms with Gasteiger partial charge < -0.3 is 5.32 Å². The highest BCUT2D eigenvalue weighted by Gasteiger charge is 2.23. The number of aryl methyl sites for hydroxylation is 1. The first-order valence-corrected chi connectivity index (χ1v) is 6.30. The fourth-order valence-corrected chi connectivity index (χ4v) is 2.76. The Morgan fingerprint density at radius 1 is 1.11 bits per heavy atom. The van der Waals surface area contributed by atoms with Crippen molar-refractivity contribution in [2.24, 2.45) is 0 Å². The fourth-order valence-electron chi connectivity index (χ4n) is 2.76. The molecule has 2 aromatic rings. The monoisotopic (exact) mass is 266 g/mol. The summed E-state index contributed by atoms with van der Waals surface area (Å²) in [5.41, 5.74) is 2.48. The van der Waals surface area contributed by atoms with Gasteiger partial charge in [0, 0.05) is 18.8 Å². The van der Waals surface area contributed by atoms with E-state index in [9.17, 15) is 13.2 Å². The molecule has 0 bridgehead atoms. The first kappa shape index (κ1) is 12.3. The summed E-state index contributed by atoms with van der Waals surface area (Å²) in [6, 6.07) is 0.962. The van der Waals surface area contributed by atoms with Crippen LogP contribution in [0.1, 0.15) is 24.1 Å². The molecule has 3 rings (SSSR count). The molecule has 0 saturated heterocycles. The third kappa shape index (κ3) is 1.76. The van der Waals surface area contributed by atoms with E-state index in [0.717, 1.165) is 43.0 Å². The van der Waals surface area contributed by atoms with Crippen molar-refractivity contribution in [1.29, 1.82) is 0 Å². The van der Waals surface area contributed by atoms with Crippen molar-refractivity contribution < 1.29 is 13.2 Å². The van der Waals surface area contributed by atoms with E-state index in [2.05, 4.69) is 10.3 Å². The third-order valence-electron chi connectivity index (χ3n) is 3.64. The molecule has 0 atom stereocenters. The van der Waals surface area contributed by atoms with Crippen LogP contribution >= 0.6 is 0 Å². The van der Waals surface area contributed by atoms with Crippen LogP contribution in [0.15, 0.2) is 6.07 Å². The number of pyridine rings is 1. The fraction of sp³-hybridized carbons (Fsp3) is 0.357. The lowest BCUT2D eigenvalue weighted by molar-refractivity contribution is 0.453. The second-order valence-electron chi connectivity index (χ2n) is 4.75. The Hall–Kier alpha value is -1.78. The van der Waals surface area contributed by atoms with Crippen LogP contribution in [0.25, 0.3) is 10.9 Å². The molecule has 0 saturated carbocycles. The van der Waals surface area contributed by atoms with Gasteiger partial charge in [0.2, 0.25) is 0 Å². The molecule has 1 aromatic carbocycles. The smallest absolute Gasteiger partial charge is 0.195 e. The number of hydrogen-bond acceptors (Lipinski definition) is 2. The number of nitrogens with zero attached hydrogens (tertiary/aromatic N) is 1. The standard InChI is InChI=1S/C14H13F3N2/c1-18-14-7-4-2-3-5-9(7)19-10-6-8(15)12(16)13(17)11(10)14/h6H,2-5H2,1H3,(H,18,19). The molecule has 1 N–H and O–H groups in total. The minimum atomic E-state index is -1.44. The second kappa shape index (κ2) is 4.40. The Balaban J connectivity index is 2.44. The molecular weight excluding hydrogens is 253 g/mol. The van der Waals surface area contributed by atoms with Gasteiger partial charge in [0.25, 0.3) is 0 Å². The van der Waals surface area contributed by atoms with Gasteiger partial charge in [-0.3, -0.25) is 4.98 Å². The molecule has 1 aliphatic carbocycles. The van der Waals surface area contributed by atoms with Gasteiger partial charge >= 0.3 is 0 Å². The van der Waals surface area contributed by atoms with Gasteiger partial charge in [-0.25, -0.2) is 13.2 Å². The van der Waals surface area contributed by atoms with E-state index in [4.69, 9.17) is 0 Å². The molecule has 1 aromatic heterocycles. The van der Waals surface area contributed by atoms with Crippen molar-refractivity contribution in [3.05, 3.63) is 34.8 Å². The zero-order valence-electron chi connectivity index (χ0n) is 10.5. The molecule has 5 heteroatoms. The van der Waals surface area contributed by atoms with Crippen LogP contribution in [0.3, 0.4) is 0 Å². The van der Waals surface area contributed by atoms with Crippen molar-refractivity contribution in [1.82, 2.24) is 4.98 Å². The number of rotatable bonds is 1. The Morgan fingerprint density at radius 2 is 1.84 bits per heavy atom. The number of nitrogens with one attached hydrogen (secondary N) is 1. The topological polar surface area (TPSA) is 24.9 Å². The summed E-state index contributed by atoms with van der Waals surface area (Å²) >= 11 is 0. The van der Waals surface area contributed by atoms with Crippen molar-refractivity contribution in [2.45, 2.75) is 25.7 Å². The Labute approximate surface area is 108 Å². The maximum absolute atomic E-state index is 14.0. The summed E-state index contributed by atoms with van der Waals surface area (Å²) in [6.45, 7) is 0. The molecule has 100 valence electrons. The summed E-state index contributed by atoms with van der Waals surface area (Å²) in [6.07, 6.45) is 3.59. The first-order valence-electron chi connectivity index (χ1n) is 6.30. The largest absolute Gasteiger partial charge is 0.387 e. The maximum atomic E-state index is 14.0. The van der Waals surface area contributed by atoms with Crippen molar-refractivity contribution in [2.75, 3.05) is 12.4 Å². The predicted molar refractivity (Wildman–Crippen MR) is 67.8 cm³/mol. The Morgan fingerprint density at radius 3 is 2.58 bits per heavy atom. The van der Waals surface area contributed by atoms with Gasteiger partial charge in [-0.1, -0.05) is 0 Å². The summed E-state index contributed by atoms with van der Waals surface area (Å²) in [7, 11) is 1.66. The van der Waals surface area contributed by atoms with Gasteiger partial charge in [-0.2, -0.15) is 0 Å². The zero-order valence-corrected chi connectivity index (χ0v) is 10.5. The van der Waals surface area contributed by atoms with E-state index >= 15 is 0 Å². The molecule has 0 fully saturated rings. The minimum absolute atomic E-state index is 0.0436. The molecule has 0 radical (unpaired) electrons. The molecule has 19 heavy (non-hydrogen) atoms. The van der Waals surface area contributed by atoms with Crippen LogP contribution in [-0.2, 0) is 12.8 Å². The summed E-state index contributed by atoms with van der Waals surface area (Å²) in [5, 5.41) is 2.96. The summed E-state index contributed by atoms with van der Waals surface area (Å²) < 4.78 is 40.7. The van der Waals surface area contributed by atoms with Gasteiger partial charge in [-0.05, 0) is 31.2 Å². The van der Waals surface area contributed by atoms with E-state index in [0.29, 0.717) is 5.69 Å². The molecule has 0 amide bonds. The summed E-state index contributed by atoms with van der Waals surface area (Å²) in [4.78, 5) is 4.30. The molecule has 0 aliphatic heterocycles. The number of halogens is 3. The van der Waals surface area contributed by atoms with Crippen molar-refractivity contribution >= 4 is 16.6 Å². The lowest BCUT2D eigenvalue weighted by Gasteiger charge is -2.20. The zero-order chi connectivity index (χ0) is 13.6. The molecule has 1 heterocycles. The highest BCUT2D eigenvalue weighted by Crippen LogP contribution is 2.35. The highest BCUT2D eigenvalue weighted by molar-refractivity contribution is 5.94. The van der Waals surface area contributed by atoms with Crippen LogP contribution in [0, 0.1) is 17.5 Å². The Kier molecular flexibility index (Phi) is 2.84. The number of anilines is 1. The van der Waals surface area contributed by atoms with E-state index < -0.39 is 17.5 Å². The minimum Gasteiger partial charge on any atom is -0.387 e. The van der Waals surface area contributed by atoms with E-state index in [1.807, 2.05) is 0 Å². The molecule has 1 aliphatic rings. The van der Waals surface area contributed by atoms with E-state index in [1.165, 1.54) is 0 Å². The van der Waals surface area contributed by atoms with Crippen LogP contribution < -0.4 is 5.32 Å². The van der Waals surface area contributed by atoms with Crippen LogP contribution in [0.2, 0.25) is 0 Å². The van der Waals surface area contributed by atoms with Gasteiger partial charge in [-0.15, -0.1) is 0 Å². The molecule has 0 unspecified atom stereocenters. The molecular formula is C14H13F3N2. The first-order chi connectivity index (χ1) is 9.13. The van der Waals surface area contributed by atoms with E-state index in [-0.39, 0.29) is 10.9 Å². The number of aromatic nitrogens is 1. The number of fused-ring (bicyclic) bond motifs is 2. The van der Waals surface area contributed by atoms with E-state index in [1.54, 1.807) is 7.05 Å². The number of benzene rings is 1. The Bertz CT molecular complexity index is 668. The lowest BCUT2D eigenvalue weighted by Crippen LogP contribution is -2.11. The van der Waals surface area contributed by atoms with Crippen molar-refractivity contribution in [3.8, 4) is 0 Å². The maximum Gasteiger partial charge on any atom is 0.195 e. The summed E-state index contributed by atoms with van der Waals surface area (Å²) in [5.74, 6) is -3.81. The SMILES string of the molecule is CNc1c2c(nc3cc(F)c(F)c(F)c13)CCCC2. The average Bonchev–Trinajstić information content (AvgIpc) is 2.42. The normalized spacial score (nSPS) is 14.5. The van der Waals surface area contributed by atoms with Gasteiger partial charge in [0.1, 0.15) is 0 Å². The van der Waals surface area contributed by atoms with Gasteiger partial charge in [0.15, 0.2) is 17.5 Å². The molecule has 2 nitrogen and oxygen atoms in total. The quantitative estimate of drug-likeness (QED) is 0.798. The third-order valence-corrected chi connectivity index (χ3v) is 3.64. The predicted octanol–water partition coefficient (Wildman–Crippen LogP) is 3.57. The lowest BCUT2D eigenvalue weighted by atomic mass is 9.92. The van der Waals surface area contributed by atoms with Gasteiger partial charge in [0.05, 0.1) is 16.6 Å².